The number of hydrogen-bond acceptors (Lipinski definition) is 7. The Morgan fingerprint density at radius 1 is 1.05 bits per heavy atom. The van der Waals surface area contributed by atoms with E-state index in [2.05, 4.69) is 48.3 Å². The van der Waals surface area contributed by atoms with E-state index in [1.165, 1.54) is 0 Å². The maximum atomic E-state index is 13.1. The van der Waals surface area contributed by atoms with Crippen LogP contribution in [0.4, 0.5) is 5.13 Å². The molecule has 3 aliphatic rings. The number of aliphatic carboxylic acids is 1. The number of benzene rings is 2. The van der Waals surface area contributed by atoms with E-state index in [1.807, 2.05) is 36.1 Å². The molecule has 2 saturated heterocycles. The fraction of sp³-hybridized carbons (Fsp3) is 0.500. The van der Waals surface area contributed by atoms with Crippen LogP contribution >= 0.6 is 11.3 Å². The highest BCUT2D eigenvalue weighted by Gasteiger charge is 2.43. The standard InChI is InChI=1S/C34H42N4O4S/c1-21-5-10-31(42-19-26-9-6-23(14-22(26)2)33(41)37-12-11-27(18-37)36(3)4)29(13-21)30-20-43-34(35-30)38-16-24-7-8-25(17-38)28(24)15-32(39)40/h5-6,9-10,13-14,20,24-25,27-28H,7-8,11-12,15-19H2,1-4H3,(H,39,40)/t24-,25+,27-,28?/m0/s1. The fourth-order valence-electron chi connectivity index (χ4n) is 7.21. The Kier molecular flexibility index (Phi) is 8.47. The normalized spacial score (nSPS) is 23.3. The Bertz CT molecular complexity index is 1490. The molecule has 1 amide bonds. The molecule has 6 rings (SSSR count). The van der Waals surface area contributed by atoms with Crippen LogP contribution < -0.4 is 9.64 Å². The van der Waals surface area contributed by atoms with Crippen molar-refractivity contribution < 1.29 is 19.4 Å². The molecule has 4 atom stereocenters. The van der Waals surface area contributed by atoms with E-state index in [-0.39, 0.29) is 18.2 Å². The molecule has 0 radical (unpaired) electrons. The Hall–Kier alpha value is -3.43. The number of aryl methyl sites for hydroxylation is 2. The maximum Gasteiger partial charge on any atom is 0.303 e. The van der Waals surface area contributed by atoms with Crippen LogP contribution in [0.1, 0.15) is 52.7 Å². The van der Waals surface area contributed by atoms with Crippen LogP contribution in [0.2, 0.25) is 0 Å². The first-order valence-electron chi connectivity index (χ1n) is 15.4. The molecule has 43 heavy (non-hydrogen) atoms. The van der Waals surface area contributed by atoms with Gasteiger partial charge in [-0.3, -0.25) is 9.59 Å². The van der Waals surface area contributed by atoms with Crippen molar-refractivity contribution >= 4 is 28.3 Å². The van der Waals surface area contributed by atoms with Crippen LogP contribution in [0, 0.1) is 31.6 Å². The number of likely N-dealkylation sites (N-methyl/N-ethyl adjacent to an activating group) is 1. The van der Waals surface area contributed by atoms with E-state index < -0.39 is 5.97 Å². The Morgan fingerprint density at radius 3 is 2.49 bits per heavy atom. The van der Waals surface area contributed by atoms with Crippen molar-refractivity contribution in [2.75, 3.05) is 45.2 Å². The second-order valence-electron chi connectivity index (χ2n) is 12.9. The smallest absolute Gasteiger partial charge is 0.303 e. The lowest BCUT2D eigenvalue weighted by Gasteiger charge is -2.37. The molecular weight excluding hydrogens is 560 g/mol. The van der Waals surface area contributed by atoms with E-state index in [0.29, 0.717) is 24.5 Å². The monoisotopic (exact) mass is 602 g/mol. The third-order valence-corrected chi connectivity index (χ3v) is 10.7. The summed E-state index contributed by atoms with van der Waals surface area (Å²) in [5.74, 6) is 1.34. The van der Waals surface area contributed by atoms with Crippen molar-refractivity contribution in [2.45, 2.75) is 52.2 Å². The van der Waals surface area contributed by atoms with Crippen molar-refractivity contribution in [3.05, 3.63) is 64.0 Å². The van der Waals surface area contributed by atoms with Gasteiger partial charge in [0.25, 0.3) is 5.91 Å². The summed E-state index contributed by atoms with van der Waals surface area (Å²) >= 11 is 1.65. The molecular formula is C34H42N4O4S. The van der Waals surface area contributed by atoms with E-state index in [4.69, 9.17) is 9.72 Å². The SMILES string of the molecule is Cc1ccc(OCc2ccc(C(=O)N3CC[C@H](N(C)C)C3)cc2C)c(-c2csc(N3C[C@H]4CC[C@@H](C3)C4CC(=O)O)n2)c1. The fourth-order valence-corrected chi connectivity index (χ4v) is 8.05. The first-order chi connectivity index (χ1) is 20.7. The number of rotatable bonds is 9. The van der Waals surface area contributed by atoms with E-state index in [0.717, 1.165) is 89.8 Å². The van der Waals surface area contributed by atoms with Crippen LogP contribution in [0.15, 0.2) is 41.8 Å². The van der Waals surface area contributed by atoms with Gasteiger partial charge in [0, 0.05) is 55.1 Å². The van der Waals surface area contributed by atoms with Crippen molar-refractivity contribution in [1.82, 2.24) is 14.8 Å². The molecule has 1 saturated carbocycles. The molecule has 3 aromatic rings. The summed E-state index contributed by atoms with van der Waals surface area (Å²) in [4.78, 5) is 36.1. The summed E-state index contributed by atoms with van der Waals surface area (Å²) in [5.41, 5.74) is 5.83. The number of anilines is 1. The van der Waals surface area contributed by atoms with Gasteiger partial charge in [0.15, 0.2) is 5.13 Å². The van der Waals surface area contributed by atoms with Gasteiger partial charge >= 0.3 is 5.97 Å². The largest absolute Gasteiger partial charge is 0.488 e. The minimum atomic E-state index is -0.682. The second-order valence-corrected chi connectivity index (χ2v) is 13.7. The molecule has 1 unspecified atom stereocenters. The number of likely N-dealkylation sites (tertiary alicyclic amines) is 1. The molecule has 2 aliphatic heterocycles. The predicted octanol–water partition coefficient (Wildman–Crippen LogP) is 5.72. The van der Waals surface area contributed by atoms with Crippen molar-refractivity contribution in [2.24, 2.45) is 17.8 Å². The van der Waals surface area contributed by atoms with E-state index in [1.54, 1.807) is 11.3 Å². The lowest BCUT2D eigenvalue weighted by molar-refractivity contribution is -0.138. The number of ether oxygens (including phenoxy) is 1. The lowest BCUT2D eigenvalue weighted by atomic mass is 9.83. The van der Waals surface area contributed by atoms with Gasteiger partial charge in [-0.1, -0.05) is 17.7 Å². The van der Waals surface area contributed by atoms with Crippen molar-refractivity contribution in [3.8, 4) is 17.0 Å². The molecule has 2 bridgehead atoms. The van der Waals surface area contributed by atoms with Crippen LogP contribution in [-0.2, 0) is 11.4 Å². The Balaban J connectivity index is 1.13. The number of carbonyl (C=O) groups excluding carboxylic acids is 1. The van der Waals surface area contributed by atoms with Gasteiger partial charge in [0.1, 0.15) is 12.4 Å². The van der Waals surface area contributed by atoms with Gasteiger partial charge < -0.3 is 24.5 Å². The number of aromatic nitrogens is 1. The van der Waals surface area contributed by atoms with Crippen LogP contribution in [0.5, 0.6) is 5.75 Å². The van der Waals surface area contributed by atoms with Crippen LogP contribution in [0.25, 0.3) is 11.3 Å². The molecule has 1 aromatic heterocycles. The third-order valence-electron chi connectivity index (χ3n) is 9.77. The van der Waals surface area contributed by atoms with Gasteiger partial charge in [-0.2, -0.15) is 0 Å². The van der Waals surface area contributed by atoms with Gasteiger partial charge in [-0.15, -0.1) is 11.3 Å². The quantitative estimate of drug-likeness (QED) is 0.335. The maximum absolute atomic E-state index is 13.1. The minimum Gasteiger partial charge on any atom is -0.488 e. The van der Waals surface area contributed by atoms with Crippen LogP contribution in [0.3, 0.4) is 0 Å². The van der Waals surface area contributed by atoms with E-state index in [9.17, 15) is 14.7 Å². The zero-order valence-electron chi connectivity index (χ0n) is 25.6. The number of piperidine rings is 1. The Labute approximate surface area is 258 Å². The average molecular weight is 603 g/mol. The zero-order chi connectivity index (χ0) is 30.2. The summed E-state index contributed by atoms with van der Waals surface area (Å²) < 4.78 is 6.40. The minimum absolute atomic E-state index is 0.0965. The molecule has 0 spiro atoms. The second kappa shape index (κ2) is 12.3. The van der Waals surface area contributed by atoms with Gasteiger partial charge in [0.2, 0.25) is 0 Å². The number of fused-ring (bicyclic) bond motifs is 2. The predicted molar refractivity (Wildman–Crippen MR) is 170 cm³/mol. The molecule has 1 N–H and O–H groups in total. The molecule has 1 aliphatic carbocycles. The summed E-state index contributed by atoms with van der Waals surface area (Å²) in [6, 6.07) is 12.5. The molecule has 3 heterocycles. The number of thiazole rings is 1. The third kappa shape index (κ3) is 6.29. The first-order valence-corrected chi connectivity index (χ1v) is 16.3. The molecule has 8 nitrogen and oxygen atoms in total. The van der Waals surface area contributed by atoms with Gasteiger partial charge in [-0.25, -0.2) is 4.98 Å². The van der Waals surface area contributed by atoms with Gasteiger partial charge in [-0.05, 0) is 100 Å². The lowest BCUT2D eigenvalue weighted by Crippen LogP contribution is -2.42. The van der Waals surface area contributed by atoms with Crippen molar-refractivity contribution in [3.63, 3.8) is 0 Å². The highest BCUT2D eigenvalue weighted by Crippen LogP contribution is 2.46. The van der Waals surface area contributed by atoms with E-state index >= 15 is 0 Å². The summed E-state index contributed by atoms with van der Waals surface area (Å²) in [6.45, 7) is 7.84. The molecule has 228 valence electrons. The van der Waals surface area contributed by atoms with Crippen molar-refractivity contribution in [1.29, 1.82) is 0 Å². The number of amides is 1. The van der Waals surface area contributed by atoms with Crippen LogP contribution in [-0.4, -0.2) is 78.1 Å². The van der Waals surface area contributed by atoms with Gasteiger partial charge in [0.05, 0.1) is 5.69 Å². The molecule has 9 heteroatoms. The molecule has 2 aromatic carbocycles. The number of hydrogen-bond donors (Lipinski definition) is 1. The summed E-state index contributed by atoms with van der Waals surface area (Å²) in [6.07, 6.45) is 3.51. The number of nitrogens with zero attached hydrogens (tertiary/aromatic N) is 4. The highest BCUT2D eigenvalue weighted by molar-refractivity contribution is 7.14. The Morgan fingerprint density at radius 2 is 1.81 bits per heavy atom. The molecule has 3 fully saturated rings. The summed E-state index contributed by atoms with van der Waals surface area (Å²) in [5, 5.41) is 12.5. The summed E-state index contributed by atoms with van der Waals surface area (Å²) in [7, 11) is 4.14. The number of carbonyl (C=O) groups is 2. The highest BCUT2D eigenvalue weighted by atomic mass is 32.1. The number of carboxylic acids is 1. The topological polar surface area (TPSA) is 86.2 Å². The number of carboxylic acid groups (broad SMARTS) is 1. The average Bonchev–Trinajstić information content (AvgIpc) is 3.71. The zero-order valence-corrected chi connectivity index (χ0v) is 26.4. The first kappa shape index (κ1) is 29.6.